The first-order valence-electron chi connectivity index (χ1n) is 8.29. The van der Waals surface area contributed by atoms with Crippen molar-refractivity contribution in [3.05, 3.63) is 22.8 Å². The van der Waals surface area contributed by atoms with Crippen LogP contribution in [-0.2, 0) is 23.8 Å². The van der Waals surface area contributed by atoms with E-state index >= 15 is 0 Å². The molecule has 2 aliphatic rings. The van der Waals surface area contributed by atoms with Crippen molar-refractivity contribution >= 4 is 5.91 Å². The Morgan fingerprint density at radius 3 is 2.75 bits per heavy atom. The van der Waals surface area contributed by atoms with E-state index in [2.05, 4.69) is 20.6 Å². The Morgan fingerprint density at radius 2 is 2.08 bits per heavy atom. The van der Waals surface area contributed by atoms with Gasteiger partial charge in [-0.25, -0.2) is 9.97 Å². The number of amides is 1. The summed E-state index contributed by atoms with van der Waals surface area (Å²) in [5.41, 5.74) is -0.374. The van der Waals surface area contributed by atoms with Gasteiger partial charge in [0, 0.05) is 29.8 Å². The van der Waals surface area contributed by atoms with Crippen LogP contribution in [0.5, 0.6) is 0 Å². The number of nitrogens with zero attached hydrogens (tertiary/aromatic N) is 2. The van der Waals surface area contributed by atoms with Crippen LogP contribution in [0, 0.1) is 12.8 Å². The van der Waals surface area contributed by atoms with E-state index in [4.69, 9.17) is 0 Å². The van der Waals surface area contributed by atoms with Gasteiger partial charge in [0.15, 0.2) is 5.69 Å². The molecule has 0 bridgehead atoms. The number of fused-ring (bicyclic) bond motifs is 1. The number of halogens is 3. The normalized spacial score (nSPS) is 24.3. The molecule has 132 valence electrons. The largest absolute Gasteiger partial charge is 0.433 e. The molecule has 1 fully saturated rings. The molecule has 1 aliphatic carbocycles. The van der Waals surface area contributed by atoms with Gasteiger partial charge < -0.3 is 10.6 Å². The van der Waals surface area contributed by atoms with Crippen LogP contribution in [0.15, 0.2) is 0 Å². The molecule has 1 aromatic rings. The smallest absolute Gasteiger partial charge is 0.352 e. The van der Waals surface area contributed by atoms with Crippen molar-refractivity contribution in [2.24, 2.45) is 5.92 Å². The van der Waals surface area contributed by atoms with E-state index < -0.39 is 17.8 Å². The molecule has 2 heterocycles. The summed E-state index contributed by atoms with van der Waals surface area (Å²) in [6, 6.07) is 0.0593. The SMILES string of the molecule is Cc1nc2c(c(C(F)(F)F)n1)CC(C(=O)N[C@H]1CCCNC1)CC2. The molecular formula is C16H21F3N4O. The fourth-order valence-corrected chi connectivity index (χ4v) is 3.49. The van der Waals surface area contributed by atoms with Crippen molar-refractivity contribution in [2.45, 2.75) is 51.2 Å². The van der Waals surface area contributed by atoms with E-state index in [1.54, 1.807) is 0 Å². The molecule has 0 spiro atoms. The summed E-state index contributed by atoms with van der Waals surface area (Å²) in [4.78, 5) is 20.2. The lowest BCUT2D eigenvalue weighted by Crippen LogP contribution is -2.48. The van der Waals surface area contributed by atoms with Crippen molar-refractivity contribution in [1.82, 2.24) is 20.6 Å². The molecular weight excluding hydrogens is 321 g/mol. The highest BCUT2D eigenvalue weighted by Crippen LogP contribution is 2.36. The van der Waals surface area contributed by atoms with E-state index in [1.165, 1.54) is 6.92 Å². The number of carbonyl (C=O) groups is 1. The zero-order valence-corrected chi connectivity index (χ0v) is 13.5. The summed E-state index contributed by atoms with van der Waals surface area (Å²) in [6.07, 6.45) is -1.68. The van der Waals surface area contributed by atoms with Gasteiger partial charge in [0.05, 0.1) is 0 Å². The van der Waals surface area contributed by atoms with Gasteiger partial charge in [-0.3, -0.25) is 4.79 Å². The molecule has 2 N–H and O–H groups in total. The number of alkyl halides is 3. The molecule has 8 heteroatoms. The van der Waals surface area contributed by atoms with Gasteiger partial charge in [-0.15, -0.1) is 0 Å². The summed E-state index contributed by atoms with van der Waals surface area (Å²) in [5, 5.41) is 6.18. The van der Waals surface area contributed by atoms with Crippen molar-refractivity contribution < 1.29 is 18.0 Å². The standard InChI is InChI=1S/C16H21F3N4O/c1-9-21-13-5-4-10(7-12(13)14(22-9)16(17,18)19)15(24)23-11-3-2-6-20-8-11/h10-11,20H,2-8H2,1H3,(H,23,24)/t10?,11-/m0/s1. The number of hydrogen-bond donors (Lipinski definition) is 2. The molecule has 0 saturated carbocycles. The van der Waals surface area contributed by atoms with E-state index in [-0.39, 0.29) is 29.8 Å². The predicted molar refractivity (Wildman–Crippen MR) is 81.3 cm³/mol. The van der Waals surface area contributed by atoms with E-state index in [0.717, 1.165) is 19.4 Å². The third kappa shape index (κ3) is 3.68. The number of nitrogens with one attached hydrogen (secondary N) is 2. The van der Waals surface area contributed by atoms with E-state index in [9.17, 15) is 18.0 Å². The van der Waals surface area contributed by atoms with Crippen LogP contribution >= 0.6 is 0 Å². The quantitative estimate of drug-likeness (QED) is 0.860. The number of aromatic nitrogens is 2. The molecule has 1 saturated heterocycles. The Balaban J connectivity index is 1.77. The maximum atomic E-state index is 13.3. The van der Waals surface area contributed by atoms with Crippen molar-refractivity contribution in [2.75, 3.05) is 13.1 Å². The number of piperidine rings is 1. The van der Waals surface area contributed by atoms with E-state index in [0.29, 0.717) is 25.1 Å². The second kappa shape index (κ2) is 6.66. The molecule has 3 rings (SSSR count). The molecule has 24 heavy (non-hydrogen) atoms. The molecule has 1 amide bonds. The fourth-order valence-electron chi connectivity index (χ4n) is 3.49. The van der Waals surface area contributed by atoms with Crippen LogP contribution < -0.4 is 10.6 Å². The minimum atomic E-state index is -4.52. The van der Waals surface area contributed by atoms with Crippen LogP contribution in [0.4, 0.5) is 13.2 Å². The zero-order valence-electron chi connectivity index (χ0n) is 13.5. The Hall–Kier alpha value is -1.70. The average molecular weight is 342 g/mol. The number of carbonyl (C=O) groups excluding carboxylic acids is 1. The van der Waals surface area contributed by atoms with Gasteiger partial charge in [-0.05, 0) is 45.6 Å². The van der Waals surface area contributed by atoms with Gasteiger partial charge in [0.2, 0.25) is 5.91 Å². The Bertz CT molecular complexity index is 626. The first-order chi connectivity index (χ1) is 11.3. The zero-order chi connectivity index (χ0) is 17.3. The summed E-state index contributed by atoms with van der Waals surface area (Å²) in [7, 11) is 0. The molecule has 1 unspecified atom stereocenters. The minimum absolute atomic E-state index is 0.0520. The molecule has 1 aromatic heterocycles. The van der Waals surface area contributed by atoms with Gasteiger partial charge >= 0.3 is 6.18 Å². The number of hydrogen-bond acceptors (Lipinski definition) is 4. The van der Waals surface area contributed by atoms with Gasteiger partial charge in [0.1, 0.15) is 5.82 Å². The third-order valence-corrected chi connectivity index (χ3v) is 4.67. The molecule has 0 aromatic carbocycles. The lowest BCUT2D eigenvalue weighted by Gasteiger charge is -2.29. The molecule has 5 nitrogen and oxygen atoms in total. The lowest BCUT2D eigenvalue weighted by atomic mass is 9.84. The number of aryl methyl sites for hydroxylation is 2. The summed E-state index contributed by atoms with van der Waals surface area (Å²) < 4.78 is 39.8. The van der Waals surface area contributed by atoms with Crippen LogP contribution in [0.2, 0.25) is 0 Å². The molecule has 1 aliphatic heterocycles. The highest BCUT2D eigenvalue weighted by Gasteiger charge is 2.40. The van der Waals surface area contributed by atoms with Crippen molar-refractivity contribution in [3.63, 3.8) is 0 Å². The molecule has 0 radical (unpaired) electrons. The predicted octanol–water partition coefficient (Wildman–Crippen LogP) is 1.78. The van der Waals surface area contributed by atoms with E-state index in [1.807, 2.05) is 0 Å². The summed E-state index contributed by atoms with van der Waals surface area (Å²) in [6.45, 7) is 3.12. The average Bonchev–Trinajstić information content (AvgIpc) is 2.53. The Labute approximate surface area is 138 Å². The topological polar surface area (TPSA) is 66.9 Å². The number of rotatable bonds is 2. The van der Waals surface area contributed by atoms with Crippen LogP contribution in [0.3, 0.4) is 0 Å². The van der Waals surface area contributed by atoms with Crippen molar-refractivity contribution in [3.8, 4) is 0 Å². The Kier molecular flexibility index (Phi) is 4.76. The van der Waals surface area contributed by atoms with Crippen LogP contribution in [0.25, 0.3) is 0 Å². The summed E-state index contributed by atoms with van der Waals surface area (Å²) >= 11 is 0. The maximum Gasteiger partial charge on any atom is 0.433 e. The van der Waals surface area contributed by atoms with Gasteiger partial charge in [0.25, 0.3) is 0 Å². The third-order valence-electron chi connectivity index (χ3n) is 4.67. The second-order valence-electron chi connectivity index (χ2n) is 6.53. The fraction of sp³-hybridized carbons (Fsp3) is 0.688. The highest BCUT2D eigenvalue weighted by atomic mass is 19.4. The first-order valence-corrected chi connectivity index (χ1v) is 8.29. The highest BCUT2D eigenvalue weighted by molar-refractivity contribution is 5.79. The molecule has 2 atom stereocenters. The van der Waals surface area contributed by atoms with Crippen LogP contribution in [-0.4, -0.2) is 35.0 Å². The monoisotopic (exact) mass is 342 g/mol. The Morgan fingerprint density at radius 1 is 1.29 bits per heavy atom. The second-order valence-corrected chi connectivity index (χ2v) is 6.53. The van der Waals surface area contributed by atoms with Gasteiger partial charge in [-0.2, -0.15) is 13.2 Å². The minimum Gasteiger partial charge on any atom is -0.352 e. The lowest BCUT2D eigenvalue weighted by molar-refractivity contribution is -0.142. The van der Waals surface area contributed by atoms with Crippen LogP contribution in [0.1, 0.15) is 42.0 Å². The maximum absolute atomic E-state index is 13.3. The first kappa shape index (κ1) is 17.1. The summed E-state index contributed by atoms with van der Waals surface area (Å²) in [5.74, 6) is -0.493. The van der Waals surface area contributed by atoms with Crippen molar-refractivity contribution in [1.29, 1.82) is 0 Å². The van der Waals surface area contributed by atoms with Gasteiger partial charge in [-0.1, -0.05) is 0 Å².